The molecule has 26 heavy (non-hydrogen) atoms. The van der Waals surface area contributed by atoms with E-state index in [1.54, 1.807) is 6.92 Å². The number of benzene rings is 2. The molecule has 0 atom stereocenters. The first-order chi connectivity index (χ1) is 12.5. The van der Waals surface area contributed by atoms with Crippen LogP contribution < -0.4 is 5.32 Å². The third kappa shape index (κ3) is 4.45. The summed E-state index contributed by atoms with van der Waals surface area (Å²) < 4.78 is 11.4. The molecular formula is C19H16BrClN2O3. The van der Waals surface area contributed by atoms with Crippen molar-refractivity contribution in [2.75, 3.05) is 11.9 Å². The standard InChI is InChI=1S/C19H16BrClN2O3/c1-12-17(18(23-26-12)14-6-8-15(20)9-7-14)22-19(24)25-11-10-13-4-2-3-5-16(13)21/h2-9H,10-11H2,1H3,(H,22,24). The van der Waals surface area contributed by atoms with E-state index in [-0.39, 0.29) is 6.61 Å². The molecule has 3 aromatic rings. The summed E-state index contributed by atoms with van der Waals surface area (Å²) in [6.45, 7) is 1.95. The molecule has 0 spiro atoms. The van der Waals surface area contributed by atoms with Gasteiger partial charge in [0.15, 0.2) is 5.76 Å². The van der Waals surface area contributed by atoms with Crippen molar-refractivity contribution in [2.45, 2.75) is 13.3 Å². The van der Waals surface area contributed by atoms with Crippen LogP contribution in [0, 0.1) is 6.92 Å². The number of halogens is 2. The van der Waals surface area contributed by atoms with E-state index in [0.717, 1.165) is 15.6 Å². The first-order valence-corrected chi connectivity index (χ1v) is 9.11. The topological polar surface area (TPSA) is 64.4 Å². The van der Waals surface area contributed by atoms with Crippen LogP contribution in [0.3, 0.4) is 0 Å². The number of anilines is 1. The molecule has 0 aliphatic heterocycles. The zero-order chi connectivity index (χ0) is 18.5. The van der Waals surface area contributed by atoms with Gasteiger partial charge < -0.3 is 9.26 Å². The maximum atomic E-state index is 12.1. The number of hydrogen-bond donors (Lipinski definition) is 1. The number of rotatable bonds is 5. The summed E-state index contributed by atoms with van der Waals surface area (Å²) in [6.07, 6.45) is -0.0309. The Kier molecular flexibility index (Phi) is 5.96. The van der Waals surface area contributed by atoms with E-state index in [0.29, 0.717) is 28.6 Å². The highest BCUT2D eigenvalue weighted by molar-refractivity contribution is 9.10. The number of ether oxygens (including phenoxy) is 1. The number of carbonyl (C=O) groups excluding carboxylic acids is 1. The Morgan fingerprint density at radius 1 is 1.23 bits per heavy atom. The lowest BCUT2D eigenvalue weighted by Gasteiger charge is -2.08. The van der Waals surface area contributed by atoms with Crippen molar-refractivity contribution in [3.63, 3.8) is 0 Å². The van der Waals surface area contributed by atoms with Crippen LogP contribution in [0.25, 0.3) is 11.3 Å². The van der Waals surface area contributed by atoms with E-state index in [9.17, 15) is 4.79 Å². The maximum absolute atomic E-state index is 12.1. The fourth-order valence-electron chi connectivity index (χ4n) is 2.42. The molecule has 0 aliphatic carbocycles. The average Bonchev–Trinajstić information content (AvgIpc) is 2.98. The number of aromatic nitrogens is 1. The van der Waals surface area contributed by atoms with Gasteiger partial charge in [-0.3, -0.25) is 5.32 Å². The van der Waals surface area contributed by atoms with Gasteiger partial charge in [-0.05, 0) is 30.7 Å². The van der Waals surface area contributed by atoms with Gasteiger partial charge in [0, 0.05) is 21.5 Å². The van der Waals surface area contributed by atoms with Crippen molar-refractivity contribution in [1.82, 2.24) is 5.16 Å². The van der Waals surface area contributed by atoms with Gasteiger partial charge in [0.2, 0.25) is 0 Å². The summed E-state index contributed by atoms with van der Waals surface area (Å²) in [5.74, 6) is 0.506. The van der Waals surface area contributed by atoms with Gasteiger partial charge >= 0.3 is 6.09 Å². The predicted octanol–water partition coefficient (Wildman–Crippen LogP) is 5.86. The van der Waals surface area contributed by atoms with Crippen molar-refractivity contribution >= 4 is 39.3 Å². The highest BCUT2D eigenvalue weighted by Gasteiger charge is 2.17. The van der Waals surface area contributed by atoms with Gasteiger partial charge in [-0.15, -0.1) is 0 Å². The molecule has 0 saturated carbocycles. The van der Waals surface area contributed by atoms with Crippen molar-refractivity contribution in [3.05, 3.63) is 69.3 Å². The van der Waals surface area contributed by atoms with E-state index in [2.05, 4.69) is 26.4 Å². The smallest absolute Gasteiger partial charge is 0.411 e. The number of amides is 1. The molecule has 3 rings (SSSR count). The van der Waals surface area contributed by atoms with E-state index in [1.165, 1.54) is 0 Å². The molecule has 1 amide bonds. The van der Waals surface area contributed by atoms with Crippen molar-refractivity contribution < 1.29 is 14.1 Å². The van der Waals surface area contributed by atoms with Gasteiger partial charge in [-0.2, -0.15) is 0 Å². The van der Waals surface area contributed by atoms with Crippen LogP contribution in [0.15, 0.2) is 57.5 Å². The van der Waals surface area contributed by atoms with Gasteiger partial charge in [0.05, 0.1) is 6.61 Å². The molecule has 2 aromatic carbocycles. The molecule has 1 aromatic heterocycles. The Bertz CT molecular complexity index is 909. The molecule has 0 radical (unpaired) electrons. The van der Waals surface area contributed by atoms with Gasteiger partial charge in [0.1, 0.15) is 11.4 Å². The van der Waals surface area contributed by atoms with Crippen LogP contribution in [-0.2, 0) is 11.2 Å². The molecular weight excluding hydrogens is 420 g/mol. The van der Waals surface area contributed by atoms with Crippen molar-refractivity contribution in [3.8, 4) is 11.3 Å². The Morgan fingerprint density at radius 2 is 1.96 bits per heavy atom. The first kappa shape index (κ1) is 18.5. The van der Waals surface area contributed by atoms with Gasteiger partial charge in [-0.1, -0.05) is 63.0 Å². The Balaban J connectivity index is 1.63. The zero-order valence-corrected chi connectivity index (χ0v) is 16.3. The first-order valence-electron chi connectivity index (χ1n) is 7.94. The molecule has 1 heterocycles. The lowest BCUT2D eigenvalue weighted by atomic mass is 10.1. The number of nitrogens with one attached hydrogen (secondary N) is 1. The van der Waals surface area contributed by atoms with E-state index < -0.39 is 6.09 Å². The third-order valence-electron chi connectivity index (χ3n) is 3.77. The molecule has 0 saturated heterocycles. The Morgan fingerprint density at radius 3 is 2.69 bits per heavy atom. The molecule has 0 fully saturated rings. The van der Waals surface area contributed by atoms with Crippen molar-refractivity contribution in [2.24, 2.45) is 0 Å². The molecule has 0 aliphatic rings. The molecule has 7 heteroatoms. The second-order valence-electron chi connectivity index (χ2n) is 5.57. The van der Waals surface area contributed by atoms with E-state index in [4.69, 9.17) is 20.9 Å². The van der Waals surface area contributed by atoms with Crippen LogP contribution in [0.5, 0.6) is 0 Å². The zero-order valence-electron chi connectivity index (χ0n) is 14.0. The minimum Gasteiger partial charge on any atom is -0.449 e. The number of nitrogens with zero attached hydrogens (tertiary/aromatic N) is 1. The van der Waals surface area contributed by atoms with Crippen LogP contribution in [0.1, 0.15) is 11.3 Å². The maximum Gasteiger partial charge on any atom is 0.411 e. The summed E-state index contributed by atoms with van der Waals surface area (Å²) in [5.41, 5.74) is 2.81. The summed E-state index contributed by atoms with van der Waals surface area (Å²) in [4.78, 5) is 12.1. The fraction of sp³-hybridized carbons (Fsp3) is 0.158. The summed E-state index contributed by atoms with van der Waals surface area (Å²) in [6, 6.07) is 15.0. The largest absolute Gasteiger partial charge is 0.449 e. The lowest BCUT2D eigenvalue weighted by molar-refractivity contribution is 0.163. The highest BCUT2D eigenvalue weighted by atomic mass is 79.9. The second kappa shape index (κ2) is 8.38. The quantitative estimate of drug-likeness (QED) is 0.545. The number of hydrogen-bond acceptors (Lipinski definition) is 4. The molecule has 134 valence electrons. The molecule has 0 unspecified atom stereocenters. The van der Waals surface area contributed by atoms with Crippen LogP contribution in [-0.4, -0.2) is 17.9 Å². The van der Waals surface area contributed by atoms with Crippen LogP contribution in [0.2, 0.25) is 5.02 Å². The Hall–Kier alpha value is -2.31. The second-order valence-corrected chi connectivity index (χ2v) is 6.89. The number of carbonyl (C=O) groups is 1. The highest BCUT2D eigenvalue weighted by Crippen LogP contribution is 2.31. The normalized spacial score (nSPS) is 10.6. The summed E-state index contributed by atoms with van der Waals surface area (Å²) in [5, 5.41) is 7.40. The minimum atomic E-state index is -0.568. The monoisotopic (exact) mass is 434 g/mol. The third-order valence-corrected chi connectivity index (χ3v) is 4.67. The molecule has 0 bridgehead atoms. The lowest BCUT2D eigenvalue weighted by Crippen LogP contribution is -2.16. The fourth-order valence-corrected chi connectivity index (χ4v) is 2.91. The molecule has 5 nitrogen and oxygen atoms in total. The minimum absolute atomic E-state index is 0.216. The Labute approximate surface area is 164 Å². The average molecular weight is 436 g/mol. The van der Waals surface area contributed by atoms with E-state index in [1.807, 2.05) is 48.5 Å². The SMILES string of the molecule is Cc1onc(-c2ccc(Br)cc2)c1NC(=O)OCCc1ccccc1Cl. The van der Waals surface area contributed by atoms with Gasteiger partial charge in [0.25, 0.3) is 0 Å². The van der Waals surface area contributed by atoms with E-state index >= 15 is 0 Å². The van der Waals surface area contributed by atoms with Gasteiger partial charge in [-0.25, -0.2) is 4.79 Å². The van der Waals surface area contributed by atoms with Crippen LogP contribution in [0.4, 0.5) is 10.5 Å². The predicted molar refractivity (Wildman–Crippen MR) is 105 cm³/mol. The molecule has 1 N–H and O–H groups in total. The summed E-state index contributed by atoms with van der Waals surface area (Å²) in [7, 11) is 0. The number of aryl methyl sites for hydroxylation is 1. The summed E-state index contributed by atoms with van der Waals surface area (Å²) >= 11 is 9.49. The van der Waals surface area contributed by atoms with Crippen LogP contribution >= 0.6 is 27.5 Å². The van der Waals surface area contributed by atoms with Crippen molar-refractivity contribution in [1.29, 1.82) is 0 Å².